The second-order valence-electron chi connectivity index (χ2n) is 7.26. The maximum absolute atomic E-state index is 12.8. The average molecular weight is 429 g/mol. The summed E-state index contributed by atoms with van der Waals surface area (Å²) in [6, 6.07) is 13.8. The number of sulfonamides is 1. The summed E-state index contributed by atoms with van der Waals surface area (Å²) in [5, 5.41) is 6.56. The molecule has 9 heteroatoms. The van der Waals surface area contributed by atoms with Crippen molar-refractivity contribution in [2.24, 2.45) is 0 Å². The van der Waals surface area contributed by atoms with E-state index >= 15 is 0 Å². The Morgan fingerprint density at radius 3 is 2.30 bits per heavy atom. The summed E-state index contributed by atoms with van der Waals surface area (Å²) in [5.41, 5.74) is 2.53. The molecular weight excluding hydrogens is 404 g/mol. The molecule has 0 unspecified atom stereocenters. The van der Waals surface area contributed by atoms with Crippen molar-refractivity contribution >= 4 is 21.6 Å². The minimum Gasteiger partial charge on any atom is -0.338 e. The summed E-state index contributed by atoms with van der Waals surface area (Å²) in [5.74, 6) is 0.796. The van der Waals surface area contributed by atoms with E-state index in [1.54, 1.807) is 0 Å². The predicted octanol–water partition coefficient (Wildman–Crippen LogP) is 3.64. The molecule has 1 amide bonds. The van der Waals surface area contributed by atoms with Crippen LogP contribution in [-0.2, 0) is 21.4 Å². The highest BCUT2D eigenvalue weighted by Gasteiger charge is 2.23. The Morgan fingerprint density at radius 1 is 1.10 bits per heavy atom. The van der Waals surface area contributed by atoms with Gasteiger partial charge >= 0.3 is 0 Å². The topological polar surface area (TPSA) is 105 Å². The molecule has 0 spiro atoms. The van der Waals surface area contributed by atoms with E-state index in [4.69, 9.17) is 4.52 Å². The molecular formula is C21H24N4O4S. The fourth-order valence-electron chi connectivity index (χ4n) is 2.82. The van der Waals surface area contributed by atoms with Gasteiger partial charge in [-0.05, 0) is 35.7 Å². The van der Waals surface area contributed by atoms with Crippen LogP contribution in [0, 0.1) is 0 Å². The van der Waals surface area contributed by atoms with Crippen molar-refractivity contribution in [1.82, 2.24) is 14.4 Å². The van der Waals surface area contributed by atoms with E-state index in [0.717, 1.165) is 9.87 Å². The van der Waals surface area contributed by atoms with Crippen LogP contribution in [-0.4, -0.2) is 35.8 Å². The van der Waals surface area contributed by atoms with Crippen LogP contribution >= 0.6 is 0 Å². The lowest BCUT2D eigenvalue weighted by Crippen LogP contribution is -2.26. The molecule has 30 heavy (non-hydrogen) atoms. The Kier molecular flexibility index (Phi) is 6.33. The monoisotopic (exact) mass is 428 g/mol. The van der Waals surface area contributed by atoms with Crippen molar-refractivity contribution in [1.29, 1.82) is 0 Å². The number of rotatable bonds is 7. The lowest BCUT2D eigenvalue weighted by atomic mass is 10.0. The van der Waals surface area contributed by atoms with E-state index in [-0.39, 0.29) is 23.2 Å². The van der Waals surface area contributed by atoms with E-state index < -0.39 is 10.0 Å². The Hall–Kier alpha value is -3.04. The SMILES string of the molecule is CC(=O)Nc1ccc(S(=O)(=O)N(C)Cc2nc(-c3ccc(C(C)C)cc3)no2)cc1. The molecule has 0 bridgehead atoms. The van der Waals surface area contributed by atoms with Crippen LogP contribution in [0.25, 0.3) is 11.4 Å². The zero-order valence-electron chi connectivity index (χ0n) is 17.3. The van der Waals surface area contributed by atoms with Gasteiger partial charge in [-0.25, -0.2) is 8.42 Å². The summed E-state index contributed by atoms with van der Waals surface area (Å²) >= 11 is 0. The van der Waals surface area contributed by atoms with Crippen LogP contribution in [0.2, 0.25) is 0 Å². The Morgan fingerprint density at radius 2 is 1.73 bits per heavy atom. The number of nitrogens with zero attached hydrogens (tertiary/aromatic N) is 3. The summed E-state index contributed by atoms with van der Waals surface area (Å²) < 4.78 is 32.0. The van der Waals surface area contributed by atoms with Gasteiger partial charge in [0.15, 0.2) is 0 Å². The van der Waals surface area contributed by atoms with Crippen molar-refractivity contribution in [3.8, 4) is 11.4 Å². The number of benzene rings is 2. The fourth-order valence-corrected chi connectivity index (χ4v) is 3.94. The molecule has 0 radical (unpaired) electrons. The molecule has 1 heterocycles. The molecule has 0 atom stereocenters. The lowest BCUT2D eigenvalue weighted by Gasteiger charge is -2.15. The molecule has 3 aromatic rings. The van der Waals surface area contributed by atoms with Crippen molar-refractivity contribution in [2.45, 2.75) is 38.1 Å². The number of aromatic nitrogens is 2. The minimum atomic E-state index is -3.76. The summed E-state index contributed by atoms with van der Waals surface area (Å²) in [6.45, 7) is 5.55. The highest BCUT2D eigenvalue weighted by molar-refractivity contribution is 7.89. The number of hydrogen-bond donors (Lipinski definition) is 1. The second kappa shape index (κ2) is 8.76. The predicted molar refractivity (Wildman–Crippen MR) is 113 cm³/mol. The molecule has 0 saturated heterocycles. The van der Waals surface area contributed by atoms with E-state index in [1.807, 2.05) is 24.3 Å². The third-order valence-electron chi connectivity index (χ3n) is 4.54. The molecule has 1 aromatic heterocycles. The first-order valence-electron chi connectivity index (χ1n) is 9.43. The molecule has 2 aromatic carbocycles. The second-order valence-corrected chi connectivity index (χ2v) is 9.30. The Balaban J connectivity index is 1.72. The molecule has 0 aliphatic heterocycles. The molecule has 0 aliphatic carbocycles. The molecule has 0 aliphatic rings. The van der Waals surface area contributed by atoms with Crippen molar-refractivity contribution in [3.05, 3.63) is 60.0 Å². The first-order valence-corrected chi connectivity index (χ1v) is 10.9. The molecule has 0 saturated carbocycles. The maximum atomic E-state index is 12.8. The standard InChI is InChI=1S/C21H24N4O4S/c1-14(2)16-5-7-17(8-6-16)21-23-20(29-24-21)13-25(4)30(27,28)19-11-9-18(10-12-19)22-15(3)26/h5-12,14H,13H2,1-4H3,(H,22,26). The van der Waals surface area contributed by atoms with Gasteiger partial charge in [0.1, 0.15) is 0 Å². The third-order valence-corrected chi connectivity index (χ3v) is 6.36. The number of amides is 1. The molecule has 158 valence electrons. The quantitative estimate of drug-likeness (QED) is 0.616. The smallest absolute Gasteiger partial charge is 0.243 e. The van der Waals surface area contributed by atoms with Gasteiger partial charge in [-0.3, -0.25) is 4.79 Å². The van der Waals surface area contributed by atoms with Gasteiger partial charge in [-0.15, -0.1) is 0 Å². The lowest BCUT2D eigenvalue weighted by molar-refractivity contribution is -0.114. The van der Waals surface area contributed by atoms with Gasteiger partial charge < -0.3 is 9.84 Å². The molecule has 0 fully saturated rings. The van der Waals surface area contributed by atoms with Gasteiger partial charge in [0.05, 0.1) is 11.4 Å². The van der Waals surface area contributed by atoms with Crippen LogP contribution < -0.4 is 5.32 Å². The molecule has 3 rings (SSSR count). The number of anilines is 1. The molecule has 1 N–H and O–H groups in total. The molecule has 8 nitrogen and oxygen atoms in total. The highest BCUT2D eigenvalue weighted by atomic mass is 32.2. The number of carbonyl (C=O) groups is 1. The van der Waals surface area contributed by atoms with Crippen molar-refractivity contribution in [3.63, 3.8) is 0 Å². The van der Waals surface area contributed by atoms with Gasteiger partial charge in [-0.1, -0.05) is 43.3 Å². The number of carbonyl (C=O) groups excluding carboxylic acids is 1. The summed E-state index contributed by atoms with van der Waals surface area (Å²) in [7, 11) is -2.32. The van der Waals surface area contributed by atoms with Crippen LogP contribution in [0.4, 0.5) is 5.69 Å². The van der Waals surface area contributed by atoms with Crippen LogP contribution in [0.1, 0.15) is 38.1 Å². The van der Waals surface area contributed by atoms with Crippen LogP contribution in [0.5, 0.6) is 0 Å². The Bertz CT molecular complexity index is 1120. The largest absolute Gasteiger partial charge is 0.338 e. The minimum absolute atomic E-state index is 0.0626. The van der Waals surface area contributed by atoms with Crippen LogP contribution in [0.15, 0.2) is 57.9 Å². The van der Waals surface area contributed by atoms with E-state index in [1.165, 1.54) is 43.8 Å². The first kappa shape index (κ1) is 21.7. The zero-order valence-corrected chi connectivity index (χ0v) is 18.1. The van der Waals surface area contributed by atoms with Crippen LogP contribution in [0.3, 0.4) is 0 Å². The maximum Gasteiger partial charge on any atom is 0.243 e. The van der Waals surface area contributed by atoms with E-state index in [9.17, 15) is 13.2 Å². The van der Waals surface area contributed by atoms with E-state index in [0.29, 0.717) is 17.4 Å². The normalized spacial score (nSPS) is 11.8. The zero-order chi connectivity index (χ0) is 21.9. The van der Waals surface area contributed by atoms with Gasteiger partial charge in [0, 0.05) is 25.2 Å². The summed E-state index contributed by atoms with van der Waals surface area (Å²) in [6.07, 6.45) is 0. The van der Waals surface area contributed by atoms with E-state index in [2.05, 4.69) is 29.3 Å². The average Bonchev–Trinajstić information content (AvgIpc) is 3.16. The first-order chi connectivity index (χ1) is 14.2. The van der Waals surface area contributed by atoms with Gasteiger partial charge in [0.2, 0.25) is 27.6 Å². The Labute approximate surface area is 176 Å². The highest BCUT2D eigenvalue weighted by Crippen LogP contribution is 2.22. The van der Waals surface area contributed by atoms with Crippen molar-refractivity contribution < 1.29 is 17.7 Å². The van der Waals surface area contributed by atoms with Gasteiger partial charge in [-0.2, -0.15) is 9.29 Å². The third kappa shape index (κ3) is 4.92. The fraction of sp³-hybridized carbons (Fsp3) is 0.286. The van der Waals surface area contributed by atoms with Crippen molar-refractivity contribution in [2.75, 3.05) is 12.4 Å². The number of hydrogen-bond acceptors (Lipinski definition) is 6. The summed E-state index contributed by atoms with van der Waals surface area (Å²) in [4.78, 5) is 15.5. The van der Waals surface area contributed by atoms with Gasteiger partial charge in [0.25, 0.3) is 0 Å². The number of nitrogens with one attached hydrogen (secondary N) is 1.